The predicted octanol–water partition coefficient (Wildman–Crippen LogP) is 4.25. The highest BCUT2D eigenvalue weighted by Gasteiger charge is 2.32. The van der Waals surface area contributed by atoms with Crippen LogP contribution < -0.4 is 4.74 Å². The van der Waals surface area contributed by atoms with Crippen molar-refractivity contribution in [1.29, 1.82) is 0 Å². The van der Waals surface area contributed by atoms with Crippen molar-refractivity contribution in [3.63, 3.8) is 0 Å². The summed E-state index contributed by atoms with van der Waals surface area (Å²) >= 11 is 3.35. The molecule has 0 fully saturated rings. The van der Waals surface area contributed by atoms with Gasteiger partial charge in [0.25, 0.3) is 0 Å². The smallest absolute Gasteiger partial charge is 0.340 e. The van der Waals surface area contributed by atoms with E-state index < -0.39 is 11.7 Å². The van der Waals surface area contributed by atoms with Crippen molar-refractivity contribution in [2.45, 2.75) is 12.6 Å². The molecule has 1 atom stereocenters. The molecule has 0 amide bonds. The van der Waals surface area contributed by atoms with E-state index in [1.165, 1.54) is 0 Å². The summed E-state index contributed by atoms with van der Waals surface area (Å²) in [4.78, 5) is 16.6. The summed E-state index contributed by atoms with van der Waals surface area (Å²) in [6.07, 6.45) is 4.97. The summed E-state index contributed by atoms with van der Waals surface area (Å²) in [6, 6.07) is 16.4. The molecule has 0 saturated carbocycles. The standard InChI is InChI=1S/C19H17BrN2O3/c1-19(22-12-11-21-14-22,13-24-17-5-3-2-4-6-17)25-18(23)15-7-9-16(20)10-8-15/h2-12,14H,13H2,1H3/t19-/m1/s1. The number of hydrogen-bond acceptors (Lipinski definition) is 4. The van der Waals surface area contributed by atoms with Crippen LogP contribution in [-0.2, 0) is 10.5 Å². The van der Waals surface area contributed by atoms with Crippen LogP contribution in [0.4, 0.5) is 0 Å². The molecule has 0 aliphatic heterocycles. The molecule has 5 nitrogen and oxygen atoms in total. The van der Waals surface area contributed by atoms with Gasteiger partial charge in [-0.05, 0) is 43.3 Å². The fourth-order valence-corrected chi connectivity index (χ4v) is 2.54. The number of esters is 1. The number of ether oxygens (including phenoxy) is 2. The van der Waals surface area contributed by atoms with Gasteiger partial charge in [-0.25, -0.2) is 9.78 Å². The van der Waals surface area contributed by atoms with Crippen molar-refractivity contribution in [1.82, 2.24) is 9.55 Å². The second kappa shape index (κ2) is 7.53. The van der Waals surface area contributed by atoms with Gasteiger partial charge in [-0.1, -0.05) is 34.1 Å². The van der Waals surface area contributed by atoms with Gasteiger partial charge >= 0.3 is 5.97 Å². The molecular formula is C19H17BrN2O3. The third-order valence-corrected chi connectivity index (χ3v) is 4.22. The van der Waals surface area contributed by atoms with E-state index in [4.69, 9.17) is 9.47 Å². The van der Waals surface area contributed by atoms with Crippen molar-refractivity contribution in [3.05, 3.63) is 83.4 Å². The SMILES string of the molecule is C[C@](COc1ccccc1)(OC(=O)c1ccc(Br)cc1)n1ccnc1. The molecule has 0 aliphatic rings. The lowest BCUT2D eigenvalue weighted by atomic mass is 10.2. The Morgan fingerprint density at radius 3 is 2.52 bits per heavy atom. The summed E-state index contributed by atoms with van der Waals surface area (Å²) < 4.78 is 14.2. The maximum Gasteiger partial charge on any atom is 0.340 e. The molecule has 3 aromatic rings. The molecule has 0 N–H and O–H groups in total. The van der Waals surface area contributed by atoms with E-state index in [-0.39, 0.29) is 6.61 Å². The molecule has 25 heavy (non-hydrogen) atoms. The summed E-state index contributed by atoms with van der Waals surface area (Å²) in [5.41, 5.74) is -0.564. The molecule has 0 saturated heterocycles. The zero-order chi connectivity index (χ0) is 17.7. The van der Waals surface area contributed by atoms with Crippen molar-refractivity contribution < 1.29 is 14.3 Å². The van der Waals surface area contributed by atoms with E-state index in [1.54, 1.807) is 54.5 Å². The zero-order valence-electron chi connectivity index (χ0n) is 13.6. The molecule has 0 radical (unpaired) electrons. The predicted molar refractivity (Wildman–Crippen MR) is 97.4 cm³/mol. The second-order valence-corrected chi connectivity index (χ2v) is 6.56. The van der Waals surface area contributed by atoms with Crippen molar-refractivity contribution in [2.75, 3.05) is 6.61 Å². The average Bonchev–Trinajstić information content (AvgIpc) is 3.17. The molecule has 1 heterocycles. The van der Waals surface area contributed by atoms with Gasteiger partial charge in [0.1, 0.15) is 12.4 Å². The Bertz CT molecular complexity index is 820. The summed E-state index contributed by atoms with van der Waals surface area (Å²) in [7, 11) is 0. The van der Waals surface area contributed by atoms with E-state index >= 15 is 0 Å². The van der Waals surface area contributed by atoms with Crippen LogP contribution in [0.15, 0.2) is 77.8 Å². The van der Waals surface area contributed by atoms with Crippen molar-refractivity contribution in [3.8, 4) is 5.75 Å². The monoisotopic (exact) mass is 400 g/mol. The molecule has 0 unspecified atom stereocenters. The van der Waals surface area contributed by atoms with Crippen LogP contribution in [0.3, 0.4) is 0 Å². The molecule has 0 spiro atoms. The van der Waals surface area contributed by atoms with Crippen LogP contribution in [0.2, 0.25) is 0 Å². The van der Waals surface area contributed by atoms with E-state index in [1.807, 2.05) is 30.3 Å². The maximum absolute atomic E-state index is 12.6. The lowest BCUT2D eigenvalue weighted by Gasteiger charge is -2.30. The Kier molecular flexibility index (Phi) is 5.19. The van der Waals surface area contributed by atoms with E-state index in [0.29, 0.717) is 11.3 Å². The Morgan fingerprint density at radius 1 is 1.16 bits per heavy atom. The quantitative estimate of drug-likeness (QED) is 0.580. The number of aromatic nitrogens is 2. The van der Waals surface area contributed by atoms with E-state index in [9.17, 15) is 4.79 Å². The Hall–Kier alpha value is -2.60. The summed E-state index contributed by atoms with van der Waals surface area (Å²) in [5, 5.41) is 0. The second-order valence-electron chi connectivity index (χ2n) is 5.64. The van der Waals surface area contributed by atoms with Crippen LogP contribution in [0.25, 0.3) is 0 Å². The van der Waals surface area contributed by atoms with Crippen LogP contribution in [0.5, 0.6) is 5.75 Å². The zero-order valence-corrected chi connectivity index (χ0v) is 15.2. The average molecular weight is 401 g/mol. The van der Waals surface area contributed by atoms with Gasteiger partial charge in [0.15, 0.2) is 0 Å². The van der Waals surface area contributed by atoms with E-state index in [2.05, 4.69) is 20.9 Å². The molecule has 1 aromatic heterocycles. The van der Waals surface area contributed by atoms with Gasteiger partial charge in [-0.15, -0.1) is 0 Å². The number of halogens is 1. The van der Waals surface area contributed by atoms with Crippen molar-refractivity contribution >= 4 is 21.9 Å². The highest BCUT2D eigenvalue weighted by molar-refractivity contribution is 9.10. The van der Waals surface area contributed by atoms with Crippen LogP contribution >= 0.6 is 15.9 Å². The molecule has 0 bridgehead atoms. The number of para-hydroxylation sites is 1. The fraction of sp³-hybridized carbons (Fsp3) is 0.158. The highest BCUT2D eigenvalue weighted by atomic mass is 79.9. The topological polar surface area (TPSA) is 53.4 Å². The fourth-order valence-electron chi connectivity index (χ4n) is 2.27. The Balaban J connectivity index is 1.79. The molecule has 2 aromatic carbocycles. The first-order valence-corrected chi connectivity index (χ1v) is 8.51. The van der Waals surface area contributed by atoms with Gasteiger partial charge in [0, 0.05) is 16.9 Å². The first-order valence-electron chi connectivity index (χ1n) is 7.72. The van der Waals surface area contributed by atoms with Gasteiger partial charge in [0.05, 0.1) is 11.9 Å². The number of benzene rings is 2. The highest BCUT2D eigenvalue weighted by Crippen LogP contribution is 2.23. The van der Waals surface area contributed by atoms with Gasteiger partial charge in [-0.2, -0.15) is 0 Å². The van der Waals surface area contributed by atoms with E-state index in [0.717, 1.165) is 4.47 Å². The lowest BCUT2D eigenvalue weighted by Crippen LogP contribution is -2.40. The minimum atomic E-state index is -1.03. The van der Waals surface area contributed by atoms with Gasteiger partial charge < -0.3 is 9.47 Å². The number of nitrogens with zero attached hydrogens (tertiary/aromatic N) is 2. The molecule has 0 aliphatic carbocycles. The minimum Gasteiger partial charge on any atom is -0.487 e. The Morgan fingerprint density at radius 2 is 1.88 bits per heavy atom. The van der Waals surface area contributed by atoms with Crippen LogP contribution in [0, 0.1) is 0 Å². The van der Waals surface area contributed by atoms with Crippen LogP contribution in [0.1, 0.15) is 17.3 Å². The van der Waals surface area contributed by atoms with Crippen LogP contribution in [-0.4, -0.2) is 22.1 Å². The number of rotatable bonds is 6. The maximum atomic E-state index is 12.6. The number of carbonyl (C=O) groups is 1. The molecule has 6 heteroatoms. The minimum absolute atomic E-state index is 0.148. The normalized spacial score (nSPS) is 13.0. The lowest BCUT2D eigenvalue weighted by molar-refractivity contribution is -0.0794. The first-order chi connectivity index (χ1) is 12.1. The van der Waals surface area contributed by atoms with Gasteiger partial charge in [-0.3, -0.25) is 4.57 Å². The molecule has 3 rings (SSSR count). The molecule has 128 valence electrons. The van der Waals surface area contributed by atoms with Gasteiger partial charge in [0.2, 0.25) is 5.72 Å². The molecular weight excluding hydrogens is 384 g/mol. The Labute approximate surface area is 154 Å². The third kappa shape index (κ3) is 4.28. The first kappa shape index (κ1) is 17.2. The third-order valence-electron chi connectivity index (χ3n) is 3.69. The van der Waals surface area contributed by atoms with Crippen molar-refractivity contribution in [2.24, 2.45) is 0 Å². The largest absolute Gasteiger partial charge is 0.487 e. The summed E-state index contributed by atoms with van der Waals surface area (Å²) in [5.74, 6) is 0.272. The number of hydrogen-bond donors (Lipinski definition) is 0. The number of imidazole rings is 1. The summed E-state index contributed by atoms with van der Waals surface area (Å²) in [6.45, 7) is 1.93. The number of carbonyl (C=O) groups excluding carboxylic acids is 1.